The fourth-order valence-corrected chi connectivity index (χ4v) is 2.82. The molecule has 0 bridgehead atoms. The second kappa shape index (κ2) is 7.99. The molecule has 0 radical (unpaired) electrons. The topological polar surface area (TPSA) is 58.1 Å². The Morgan fingerprint density at radius 1 is 0.963 bits per heavy atom. The number of aromatic nitrogens is 2. The summed E-state index contributed by atoms with van der Waals surface area (Å²) in [6.45, 7) is 6.57. The predicted octanol–water partition coefficient (Wildman–Crippen LogP) is 4.29. The molecule has 0 atom stereocenters. The van der Waals surface area contributed by atoms with Gasteiger partial charge in [-0.3, -0.25) is 4.79 Å². The van der Waals surface area contributed by atoms with Gasteiger partial charge in [0.05, 0.1) is 0 Å². The van der Waals surface area contributed by atoms with Crippen molar-refractivity contribution < 1.29 is 4.79 Å². The summed E-state index contributed by atoms with van der Waals surface area (Å²) in [6, 6.07) is 17.7. The first-order chi connectivity index (χ1) is 12.9. The standard InChI is InChI=1S/C22H24N4O/c1-15-10-11-19(12-16(15)2)25-22(27)20-13-21(24-17(3)23-20)26(4)14-18-8-6-5-7-9-18/h5-13H,14H2,1-4H3,(H,25,27). The van der Waals surface area contributed by atoms with Crippen LogP contribution in [0.4, 0.5) is 11.5 Å². The number of hydrogen-bond donors (Lipinski definition) is 1. The number of rotatable bonds is 5. The summed E-state index contributed by atoms with van der Waals surface area (Å²) in [6.07, 6.45) is 0. The lowest BCUT2D eigenvalue weighted by Crippen LogP contribution is -2.21. The second-order valence-corrected chi connectivity index (χ2v) is 6.75. The monoisotopic (exact) mass is 360 g/mol. The quantitative estimate of drug-likeness (QED) is 0.737. The second-order valence-electron chi connectivity index (χ2n) is 6.75. The maximum Gasteiger partial charge on any atom is 0.274 e. The zero-order valence-electron chi connectivity index (χ0n) is 16.2. The molecule has 3 rings (SSSR count). The van der Waals surface area contributed by atoms with Crippen LogP contribution in [0.1, 0.15) is 33.0 Å². The van der Waals surface area contributed by atoms with Crippen LogP contribution >= 0.6 is 0 Å². The Morgan fingerprint density at radius 2 is 1.70 bits per heavy atom. The molecule has 0 aliphatic rings. The van der Waals surface area contributed by atoms with E-state index in [-0.39, 0.29) is 5.91 Å². The van der Waals surface area contributed by atoms with E-state index in [1.807, 2.05) is 62.2 Å². The zero-order valence-corrected chi connectivity index (χ0v) is 16.2. The first-order valence-electron chi connectivity index (χ1n) is 8.92. The van der Waals surface area contributed by atoms with E-state index in [0.717, 1.165) is 17.1 Å². The van der Waals surface area contributed by atoms with Crippen LogP contribution in [0.2, 0.25) is 0 Å². The fraction of sp³-hybridized carbons (Fsp3) is 0.227. The van der Waals surface area contributed by atoms with E-state index >= 15 is 0 Å². The summed E-state index contributed by atoms with van der Waals surface area (Å²) in [5, 5.41) is 2.92. The summed E-state index contributed by atoms with van der Waals surface area (Å²) in [7, 11) is 1.96. The molecule has 2 aromatic carbocycles. The number of benzene rings is 2. The molecule has 27 heavy (non-hydrogen) atoms. The SMILES string of the molecule is Cc1nc(C(=O)Nc2ccc(C)c(C)c2)cc(N(C)Cc2ccccc2)n1. The van der Waals surface area contributed by atoms with Crippen molar-refractivity contribution in [3.63, 3.8) is 0 Å². The number of carbonyl (C=O) groups is 1. The van der Waals surface area contributed by atoms with Crippen molar-refractivity contribution in [2.75, 3.05) is 17.3 Å². The van der Waals surface area contributed by atoms with Crippen LogP contribution in [0.15, 0.2) is 54.6 Å². The van der Waals surface area contributed by atoms with E-state index in [9.17, 15) is 4.79 Å². The summed E-state index contributed by atoms with van der Waals surface area (Å²) in [5.41, 5.74) is 4.62. The van der Waals surface area contributed by atoms with Crippen LogP contribution in [0.25, 0.3) is 0 Å². The molecule has 0 spiro atoms. The molecule has 0 saturated carbocycles. The van der Waals surface area contributed by atoms with E-state index in [1.165, 1.54) is 11.1 Å². The van der Waals surface area contributed by atoms with Gasteiger partial charge in [0.2, 0.25) is 0 Å². The molecule has 0 fully saturated rings. The minimum absolute atomic E-state index is 0.238. The van der Waals surface area contributed by atoms with E-state index in [0.29, 0.717) is 18.1 Å². The highest BCUT2D eigenvalue weighted by Crippen LogP contribution is 2.17. The normalized spacial score (nSPS) is 10.5. The lowest BCUT2D eigenvalue weighted by molar-refractivity contribution is 0.102. The van der Waals surface area contributed by atoms with Gasteiger partial charge in [-0.15, -0.1) is 0 Å². The maximum absolute atomic E-state index is 12.7. The molecule has 1 aromatic heterocycles. The molecule has 0 aliphatic heterocycles. The van der Waals surface area contributed by atoms with Gasteiger partial charge in [0, 0.05) is 25.3 Å². The van der Waals surface area contributed by atoms with Crippen LogP contribution in [-0.2, 0) is 6.54 Å². The number of nitrogens with one attached hydrogen (secondary N) is 1. The molecule has 5 nitrogen and oxygen atoms in total. The third-order valence-electron chi connectivity index (χ3n) is 4.48. The molecule has 1 heterocycles. The molecular weight excluding hydrogens is 336 g/mol. The first kappa shape index (κ1) is 18.6. The van der Waals surface area contributed by atoms with E-state index in [1.54, 1.807) is 13.0 Å². The van der Waals surface area contributed by atoms with Crippen LogP contribution in [0.3, 0.4) is 0 Å². The largest absolute Gasteiger partial charge is 0.355 e. The fourth-order valence-electron chi connectivity index (χ4n) is 2.82. The van der Waals surface area contributed by atoms with Crippen molar-refractivity contribution in [1.82, 2.24) is 9.97 Å². The summed E-state index contributed by atoms with van der Waals surface area (Å²) >= 11 is 0. The highest BCUT2D eigenvalue weighted by Gasteiger charge is 2.13. The van der Waals surface area contributed by atoms with Gasteiger partial charge in [0.25, 0.3) is 5.91 Å². The average Bonchev–Trinajstić information content (AvgIpc) is 2.65. The summed E-state index contributed by atoms with van der Waals surface area (Å²) < 4.78 is 0. The minimum Gasteiger partial charge on any atom is -0.355 e. The minimum atomic E-state index is -0.238. The molecule has 3 aromatic rings. The molecule has 138 valence electrons. The Bertz CT molecular complexity index is 954. The highest BCUT2D eigenvalue weighted by atomic mass is 16.1. The zero-order chi connectivity index (χ0) is 19.4. The van der Waals surface area contributed by atoms with Gasteiger partial charge in [0.15, 0.2) is 0 Å². The van der Waals surface area contributed by atoms with Crippen molar-refractivity contribution >= 4 is 17.4 Å². The van der Waals surface area contributed by atoms with Crippen LogP contribution in [0, 0.1) is 20.8 Å². The Labute approximate surface area is 160 Å². The Kier molecular flexibility index (Phi) is 5.50. The van der Waals surface area contributed by atoms with Crippen molar-refractivity contribution in [3.8, 4) is 0 Å². The Morgan fingerprint density at radius 3 is 2.41 bits per heavy atom. The van der Waals surface area contributed by atoms with Crippen molar-refractivity contribution in [2.45, 2.75) is 27.3 Å². The van der Waals surface area contributed by atoms with Crippen LogP contribution < -0.4 is 10.2 Å². The van der Waals surface area contributed by atoms with Crippen LogP contribution in [0.5, 0.6) is 0 Å². The predicted molar refractivity (Wildman–Crippen MR) is 109 cm³/mol. The molecule has 0 saturated heterocycles. The smallest absolute Gasteiger partial charge is 0.274 e. The van der Waals surface area contributed by atoms with Gasteiger partial charge < -0.3 is 10.2 Å². The molecular formula is C22H24N4O. The maximum atomic E-state index is 12.7. The molecule has 0 unspecified atom stereocenters. The Hall–Kier alpha value is -3.21. The van der Waals surface area contributed by atoms with E-state index in [2.05, 4.69) is 27.4 Å². The molecule has 0 aliphatic carbocycles. The van der Waals surface area contributed by atoms with Gasteiger partial charge in [-0.2, -0.15) is 0 Å². The Balaban J connectivity index is 1.79. The van der Waals surface area contributed by atoms with E-state index < -0.39 is 0 Å². The van der Waals surface area contributed by atoms with Crippen molar-refractivity contribution in [3.05, 3.63) is 82.8 Å². The third-order valence-corrected chi connectivity index (χ3v) is 4.48. The van der Waals surface area contributed by atoms with Crippen molar-refractivity contribution in [1.29, 1.82) is 0 Å². The number of hydrogen-bond acceptors (Lipinski definition) is 4. The van der Waals surface area contributed by atoms with Gasteiger partial charge in [-0.05, 0) is 49.6 Å². The van der Waals surface area contributed by atoms with Gasteiger partial charge in [-0.1, -0.05) is 36.4 Å². The highest BCUT2D eigenvalue weighted by molar-refractivity contribution is 6.03. The number of amides is 1. The lowest BCUT2D eigenvalue weighted by atomic mass is 10.1. The van der Waals surface area contributed by atoms with Gasteiger partial charge in [0.1, 0.15) is 17.3 Å². The first-order valence-corrected chi connectivity index (χ1v) is 8.92. The molecule has 1 N–H and O–H groups in total. The third kappa shape index (κ3) is 4.70. The van der Waals surface area contributed by atoms with E-state index in [4.69, 9.17) is 0 Å². The van der Waals surface area contributed by atoms with Gasteiger partial charge >= 0.3 is 0 Å². The summed E-state index contributed by atoms with van der Waals surface area (Å²) in [5.74, 6) is 1.05. The number of carbonyl (C=O) groups excluding carboxylic acids is 1. The molecule has 1 amide bonds. The average molecular weight is 360 g/mol. The molecule has 5 heteroatoms. The van der Waals surface area contributed by atoms with Crippen LogP contribution in [-0.4, -0.2) is 22.9 Å². The number of nitrogens with zero attached hydrogens (tertiary/aromatic N) is 3. The van der Waals surface area contributed by atoms with Gasteiger partial charge in [-0.25, -0.2) is 9.97 Å². The summed E-state index contributed by atoms with van der Waals surface area (Å²) in [4.78, 5) is 23.5. The number of anilines is 2. The van der Waals surface area contributed by atoms with Crippen molar-refractivity contribution in [2.24, 2.45) is 0 Å². The lowest BCUT2D eigenvalue weighted by Gasteiger charge is -2.19. The number of aryl methyl sites for hydroxylation is 3.